The molecule has 1 aliphatic carbocycles. The summed E-state index contributed by atoms with van der Waals surface area (Å²) in [5.74, 6) is 1.65. The fourth-order valence-electron chi connectivity index (χ4n) is 3.78. The third-order valence-electron chi connectivity index (χ3n) is 4.87. The first-order chi connectivity index (χ1) is 9.84. The van der Waals surface area contributed by atoms with Crippen molar-refractivity contribution in [3.05, 3.63) is 24.3 Å². The van der Waals surface area contributed by atoms with E-state index in [9.17, 15) is 4.79 Å². The van der Waals surface area contributed by atoms with Crippen molar-refractivity contribution < 1.29 is 4.79 Å². The molecule has 1 amide bonds. The molecule has 3 rings (SSSR count). The van der Waals surface area contributed by atoms with Crippen molar-refractivity contribution in [2.75, 3.05) is 13.1 Å². The molecule has 4 nitrogen and oxygen atoms in total. The summed E-state index contributed by atoms with van der Waals surface area (Å²) in [6, 6.07) is 0. The smallest absolute Gasteiger partial charge is 0.256 e. The van der Waals surface area contributed by atoms with E-state index in [1.54, 1.807) is 12.4 Å². The number of nitrogens with zero attached hydrogens (tertiary/aromatic N) is 3. The molecule has 1 aromatic rings. The van der Waals surface area contributed by atoms with E-state index in [0.717, 1.165) is 25.4 Å². The Kier molecular flexibility index (Phi) is 4.28. The van der Waals surface area contributed by atoms with E-state index in [4.69, 9.17) is 0 Å². The molecule has 1 aromatic heterocycles. The minimum atomic E-state index is 0.103. The minimum absolute atomic E-state index is 0.103. The number of aromatic nitrogens is 2. The average molecular weight is 273 g/mol. The number of carbonyl (C=O) groups excluding carboxylic acids is 1. The van der Waals surface area contributed by atoms with Crippen molar-refractivity contribution in [3.63, 3.8) is 0 Å². The van der Waals surface area contributed by atoms with Gasteiger partial charge in [0.15, 0.2) is 0 Å². The Balaban J connectivity index is 1.64. The van der Waals surface area contributed by atoms with E-state index >= 15 is 0 Å². The molecule has 0 radical (unpaired) electrons. The topological polar surface area (TPSA) is 46.1 Å². The second kappa shape index (κ2) is 6.33. The number of likely N-dealkylation sites (tertiary alicyclic amines) is 1. The lowest BCUT2D eigenvalue weighted by Gasteiger charge is -2.38. The molecule has 0 aromatic carbocycles. The normalized spacial score (nSPS) is 24.6. The summed E-state index contributed by atoms with van der Waals surface area (Å²) in [4.78, 5) is 22.4. The molecule has 2 aliphatic rings. The van der Waals surface area contributed by atoms with Gasteiger partial charge in [0.1, 0.15) is 6.33 Å². The summed E-state index contributed by atoms with van der Waals surface area (Å²) in [7, 11) is 0. The Hall–Kier alpha value is -1.45. The molecule has 20 heavy (non-hydrogen) atoms. The standard InChI is InChI=1S/C16H23N3O/c20-16(15-9-17-12-18-10-15)19-8-4-7-14(11-19)13-5-2-1-3-6-13/h9-10,12-14H,1-8,11H2/t14-/m0/s1. The molecule has 0 bridgehead atoms. The third kappa shape index (κ3) is 3.00. The molecule has 1 saturated carbocycles. The van der Waals surface area contributed by atoms with E-state index in [2.05, 4.69) is 9.97 Å². The molecule has 1 aliphatic heterocycles. The first kappa shape index (κ1) is 13.5. The largest absolute Gasteiger partial charge is 0.338 e. The van der Waals surface area contributed by atoms with Crippen molar-refractivity contribution in [3.8, 4) is 0 Å². The zero-order valence-corrected chi connectivity index (χ0v) is 12.0. The molecular weight excluding hydrogens is 250 g/mol. The lowest BCUT2D eigenvalue weighted by Crippen LogP contribution is -2.42. The fraction of sp³-hybridized carbons (Fsp3) is 0.688. The minimum Gasteiger partial charge on any atom is -0.338 e. The van der Waals surface area contributed by atoms with Crippen LogP contribution in [0.1, 0.15) is 55.3 Å². The van der Waals surface area contributed by atoms with Crippen molar-refractivity contribution in [1.82, 2.24) is 14.9 Å². The van der Waals surface area contributed by atoms with E-state index in [1.165, 1.54) is 44.9 Å². The average Bonchev–Trinajstić information content (AvgIpc) is 2.56. The third-order valence-corrected chi connectivity index (χ3v) is 4.87. The van der Waals surface area contributed by atoms with Gasteiger partial charge in [-0.1, -0.05) is 32.1 Å². The molecule has 2 fully saturated rings. The Labute approximate surface area is 120 Å². The van der Waals surface area contributed by atoms with E-state index in [1.807, 2.05) is 4.90 Å². The fourth-order valence-corrected chi connectivity index (χ4v) is 3.78. The number of carbonyl (C=O) groups is 1. The highest BCUT2D eigenvalue weighted by Crippen LogP contribution is 2.35. The van der Waals surface area contributed by atoms with Crippen LogP contribution in [-0.4, -0.2) is 33.9 Å². The number of hydrogen-bond donors (Lipinski definition) is 0. The molecule has 0 spiro atoms. The number of rotatable bonds is 2. The zero-order chi connectivity index (χ0) is 13.8. The van der Waals surface area contributed by atoms with Crippen LogP contribution < -0.4 is 0 Å². The van der Waals surface area contributed by atoms with E-state index in [-0.39, 0.29) is 5.91 Å². The Morgan fingerprint density at radius 2 is 1.70 bits per heavy atom. The van der Waals surface area contributed by atoms with E-state index < -0.39 is 0 Å². The number of piperidine rings is 1. The summed E-state index contributed by atoms with van der Waals surface area (Å²) in [5.41, 5.74) is 0.622. The number of amides is 1. The first-order valence-electron chi connectivity index (χ1n) is 7.89. The molecule has 0 unspecified atom stereocenters. The first-order valence-corrected chi connectivity index (χ1v) is 7.89. The monoisotopic (exact) mass is 273 g/mol. The van der Waals surface area contributed by atoms with Crippen LogP contribution in [0.2, 0.25) is 0 Å². The highest BCUT2D eigenvalue weighted by molar-refractivity contribution is 5.93. The SMILES string of the molecule is O=C(c1cncnc1)N1CCC[C@H](C2CCCCC2)C1. The van der Waals surface area contributed by atoms with Gasteiger partial charge in [-0.2, -0.15) is 0 Å². The molecule has 108 valence electrons. The van der Waals surface area contributed by atoms with Crippen LogP contribution in [0.25, 0.3) is 0 Å². The lowest BCUT2D eigenvalue weighted by molar-refractivity contribution is 0.0599. The quantitative estimate of drug-likeness (QED) is 0.832. The van der Waals surface area contributed by atoms with Crippen molar-refractivity contribution in [1.29, 1.82) is 0 Å². The molecule has 2 heterocycles. The van der Waals surface area contributed by atoms with Crippen molar-refractivity contribution >= 4 is 5.91 Å². The Bertz CT molecular complexity index is 442. The van der Waals surface area contributed by atoms with Crippen LogP contribution in [0.15, 0.2) is 18.7 Å². The van der Waals surface area contributed by atoms with Crippen molar-refractivity contribution in [2.45, 2.75) is 44.9 Å². The Morgan fingerprint density at radius 3 is 2.45 bits per heavy atom. The highest BCUT2D eigenvalue weighted by atomic mass is 16.2. The maximum Gasteiger partial charge on any atom is 0.256 e. The van der Waals surface area contributed by atoms with Gasteiger partial charge in [-0.15, -0.1) is 0 Å². The summed E-state index contributed by atoms with van der Waals surface area (Å²) in [6.07, 6.45) is 14.0. The molecule has 0 N–H and O–H groups in total. The maximum absolute atomic E-state index is 12.5. The predicted octanol–water partition coefficient (Wildman–Crippen LogP) is 2.91. The molecular formula is C16H23N3O. The van der Waals surface area contributed by atoms with Crippen LogP contribution in [0.4, 0.5) is 0 Å². The van der Waals surface area contributed by atoms with Gasteiger partial charge in [0, 0.05) is 25.5 Å². The molecule has 1 saturated heterocycles. The zero-order valence-electron chi connectivity index (χ0n) is 12.0. The van der Waals surface area contributed by atoms with Crippen molar-refractivity contribution in [2.24, 2.45) is 11.8 Å². The van der Waals surface area contributed by atoms with Gasteiger partial charge in [0.25, 0.3) is 5.91 Å². The van der Waals surface area contributed by atoms with Gasteiger partial charge in [-0.25, -0.2) is 9.97 Å². The van der Waals surface area contributed by atoms with Gasteiger partial charge >= 0.3 is 0 Å². The molecule has 4 heteroatoms. The predicted molar refractivity (Wildman–Crippen MR) is 77.2 cm³/mol. The summed E-state index contributed by atoms with van der Waals surface area (Å²) in [5, 5.41) is 0. The van der Waals surface area contributed by atoms with Crippen LogP contribution in [0, 0.1) is 11.8 Å². The van der Waals surface area contributed by atoms with Gasteiger partial charge < -0.3 is 4.90 Å². The molecule has 1 atom stereocenters. The lowest BCUT2D eigenvalue weighted by atomic mass is 9.76. The van der Waals surface area contributed by atoms with Gasteiger partial charge in [0.2, 0.25) is 0 Å². The Morgan fingerprint density at radius 1 is 1.00 bits per heavy atom. The van der Waals surface area contributed by atoms with Gasteiger partial charge in [-0.05, 0) is 24.7 Å². The summed E-state index contributed by atoms with van der Waals surface area (Å²) < 4.78 is 0. The summed E-state index contributed by atoms with van der Waals surface area (Å²) in [6.45, 7) is 1.81. The van der Waals surface area contributed by atoms with Crippen LogP contribution >= 0.6 is 0 Å². The highest BCUT2D eigenvalue weighted by Gasteiger charge is 2.30. The second-order valence-electron chi connectivity index (χ2n) is 6.18. The van der Waals surface area contributed by atoms with E-state index in [0.29, 0.717) is 11.5 Å². The second-order valence-corrected chi connectivity index (χ2v) is 6.18. The summed E-state index contributed by atoms with van der Waals surface area (Å²) >= 11 is 0. The van der Waals surface area contributed by atoms with Crippen LogP contribution in [0.5, 0.6) is 0 Å². The van der Waals surface area contributed by atoms with Gasteiger partial charge in [0.05, 0.1) is 5.56 Å². The van der Waals surface area contributed by atoms with Gasteiger partial charge in [-0.3, -0.25) is 4.79 Å². The van der Waals surface area contributed by atoms with Crippen LogP contribution in [-0.2, 0) is 0 Å². The number of hydrogen-bond acceptors (Lipinski definition) is 3. The maximum atomic E-state index is 12.5. The van der Waals surface area contributed by atoms with Crippen LogP contribution in [0.3, 0.4) is 0 Å².